The SMILES string of the molecule is CCn1cnc(C(NN)C2CCCC(C(F)(F)F)C2)c1. The number of aromatic nitrogens is 2. The molecule has 1 aliphatic rings. The van der Waals surface area contributed by atoms with E-state index >= 15 is 0 Å². The fourth-order valence-electron chi connectivity index (χ4n) is 3.00. The van der Waals surface area contributed by atoms with E-state index < -0.39 is 12.1 Å². The van der Waals surface area contributed by atoms with Crippen LogP contribution in [0.4, 0.5) is 13.2 Å². The Morgan fingerprint density at radius 3 is 2.80 bits per heavy atom. The van der Waals surface area contributed by atoms with Gasteiger partial charge in [-0.15, -0.1) is 0 Å². The molecule has 3 atom stereocenters. The second-order valence-electron chi connectivity index (χ2n) is 5.44. The summed E-state index contributed by atoms with van der Waals surface area (Å²) in [5.74, 6) is 4.22. The summed E-state index contributed by atoms with van der Waals surface area (Å²) in [5, 5.41) is 0. The van der Waals surface area contributed by atoms with Crippen molar-refractivity contribution in [3.05, 3.63) is 18.2 Å². The van der Waals surface area contributed by atoms with E-state index in [0.29, 0.717) is 6.42 Å². The van der Waals surface area contributed by atoms with Crippen molar-refractivity contribution in [3.63, 3.8) is 0 Å². The predicted molar refractivity (Wildman–Crippen MR) is 69.5 cm³/mol. The highest BCUT2D eigenvalue weighted by molar-refractivity contribution is 5.06. The van der Waals surface area contributed by atoms with Crippen molar-refractivity contribution in [2.75, 3.05) is 0 Å². The molecule has 0 amide bonds. The van der Waals surface area contributed by atoms with Crippen molar-refractivity contribution in [2.24, 2.45) is 17.7 Å². The Labute approximate surface area is 116 Å². The van der Waals surface area contributed by atoms with Crippen LogP contribution in [0.5, 0.6) is 0 Å². The summed E-state index contributed by atoms with van der Waals surface area (Å²) in [7, 11) is 0. The van der Waals surface area contributed by atoms with Gasteiger partial charge in [-0.3, -0.25) is 11.3 Å². The lowest BCUT2D eigenvalue weighted by molar-refractivity contribution is -0.186. The van der Waals surface area contributed by atoms with Crippen LogP contribution in [0.15, 0.2) is 12.5 Å². The molecule has 0 bridgehead atoms. The highest BCUT2D eigenvalue weighted by atomic mass is 19.4. The number of hydrogen-bond acceptors (Lipinski definition) is 3. The summed E-state index contributed by atoms with van der Waals surface area (Å²) >= 11 is 0. The summed E-state index contributed by atoms with van der Waals surface area (Å²) in [6.45, 7) is 2.76. The van der Waals surface area contributed by atoms with Gasteiger partial charge in [-0.1, -0.05) is 6.42 Å². The minimum atomic E-state index is -4.11. The number of aryl methyl sites for hydroxylation is 1. The van der Waals surface area contributed by atoms with Crippen LogP contribution in [0.2, 0.25) is 0 Å². The molecular formula is C13H21F3N4. The number of nitrogens with two attached hydrogens (primary N) is 1. The highest BCUT2D eigenvalue weighted by Gasteiger charge is 2.43. The zero-order chi connectivity index (χ0) is 14.8. The molecule has 1 aromatic rings. The number of nitrogens with one attached hydrogen (secondary N) is 1. The van der Waals surface area contributed by atoms with E-state index in [1.807, 2.05) is 17.7 Å². The van der Waals surface area contributed by atoms with Gasteiger partial charge in [0.2, 0.25) is 0 Å². The Balaban J connectivity index is 2.11. The molecule has 114 valence electrons. The Morgan fingerprint density at radius 1 is 1.50 bits per heavy atom. The van der Waals surface area contributed by atoms with E-state index in [0.717, 1.165) is 18.7 Å². The van der Waals surface area contributed by atoms with E-state index in [9.17, 15) is 13.2 Å². The van der Waals surface area contributed by atoms with Crippen molar-refractivity contribution < 1.29 is 13.2 Å². The quantitative estimate of drug-likeness (QED) is 0.662. The summed E-state index contributed by atoms with van der Waals surface area (Å²) in [6.07, 6.45) is 1.10. The molecule has 0 saturated heterocycles. The van der Waals surface area contributed by atoms with Gasteiger partial charge < -0.3 is 4.57 Å². The number of alkyl halides is 3. The summed E-state index contributed by atoms with van der Waals surface area (Å²) in [4.78, 5) is 4.26. The molecule has 0 radical (unpaired) electrons. The van der Waals surface area contributed by atoms with Crippen molar-refractivity contribution in [1.82, 2.24) is 15.0 Å². The minimum Gasteiger partial charge on any atom is -0.337 e. The topological polar surface area (TPSA) is 55.9 Å². The van der Waals surface area contributed by atoms with E-state index in [1.165, 1.54) is 0 Å². The monoisotopic (exact) mass is 290 g/mol. The molecule has 1 fully saturated rings. The number of imidazole rings is 1. The van der Waals surface area contributed by atoms with E-state index in [-0.39, 0.29) is 24.8 Å². The molecule has 2 rings (SSSR count). The van der Waals surface area contributed by atoms with Crippen molar-refractivity contribution in [3.8, 4) is 0 Å². The largest absolute Gasteiger partial charge is 0.391 e. The van der Waals surface area contributed by atoms with Crippen molar-refractivity contribution in [2.45, 2.75) is 51.4 Å². The van der Waals surface area contributed by atoms with Crippen LogP contribution >= 0.6 is 0 Å². The third-order valence-electron chi connectivity index (χ3n) is 4.17. The fraction of sp³-hybridized carbons (Fsp3) is 0.769. The van der Waals surface area contributed by atoms with Gasteiger partial charge in [0.1, 0.15) is 0 Å². The summed E-state index contributed by atoms with van der Waals surface area (Å²) < 4.78 is 40.5. The zero-order valence-corrected chi connectivity index (χ0v) is 11.5. The first kappa shape index (κ1) is 15.3. The average Bonchev–Trinajstić information content (AvgIpc) is 2.88. The molecule has 0 spiro atoms. The number of hydrazine groups is 1. The maximum atomic E-state index is 12.9. The Kier molecular flexibility index (Phi) is 4.70. The Hall–Kier alpha value is -1.08. The van der Waals surface area contributed by atoms with E-state index in [4.69, 9.17) is 5.84 Å². The van der Waals surface area contributed by atoms with Gasteiger partial charge in [0.05, 0.1) is 24.0 Å². The first-order valence-corrected chi connectivity index (χ1v) is 7.00. The highest BCUT2D eigenvalue weighted by Crippen LogP contribution is 2.43. The molecule has 3 N–H and O–H groups in total. The molecular weight excluding hydrogens is 269 g/mol. The van der Waals surface area contributed by atoms with E-state index in [2.05, 4.69) is 10.4 Å². The van der Waals surface area contributed by atoms with Gasteiger partial charge >= 0.3 is 6.18 Å². The Morgan fingerprint density at radius 2 is 2.25 bits per heavy atom. The molecule has 20 heavy (non-hydrogen) atoms. The van der Waals surface area contributed by atoms with Gasteiger partial charge in [0.25, 0.3) is 0 Å². The molecule has 1 heterocycles. The number of halogens is 3. The lowest BCUT2D eigenvalue weighted by Gasteiger charge is -2.34. The van der Waals surface area contributed by atoms with Crippen molar-refractivity contribution >= 4 is 0 Å². The Bertz CT molecular complexity index is 429. The van der Waals surface area contributed by atoms with E-state index in [1.54, 1.807) is 6.33 Å². The third-order valence-corrected chi connectivity index (χ3v) is 4.17. The number of rotatable bonds is 4. The van der Waals surface area contributed by atoms with Gasteiger partial charge in [0.15, 0.2) is 0 Å². The van der Waals surface area contributed by atoms with Gasteiger partial charge in [0, 0.05) is 12.7 Å². The predicted octanol–water partition coefficient (Wildman–Crippen LogP) is 2.78. The molecule has 0 aliphatic heterocycles. The molecule has 0 aromatic carbocycles. The molecule has 1 saturated carbocycles. The lowest BCUT2D eigenvalue weighted by Crippen LogP contribution is -2.38. The maximum absolute atomic E-state index is 12.9. The number of hydrogen-bond donors (Lipinski definition) is 2. The van der Waals surface area contributed by atoms with Crippen LogP contribution in [0.25, 0.3) is 0 Å². The minimum absolute atomic E-state index is 0.122. The van der Waals surface area contributed by atoms with Crippen LogP contribution < -0.4 is 11.3 Å². The zero-order valence-electron chi connectivity index (χ0n) is 11.5. The van der Waals surface area contributed by atoms with Gasteiger partial charge in [-0.2, -0.15) is 13.2 Å². The fourth-order valence-corrected chi connectivity index (χ4v) is 3.00. The molecule has 7 heteroatoms. The van der Waals surface area contributed by atoms with Crippen LogP contribution in [0.1, 0.15) is 44.3 Å². The van der Waals surface area contributed by atoms with Crippen LogP contribution in [0, 0.1) is 11.8 Å². The normalized spacial score (nSPS) is 25.6. The number of nitrogens with zero attached hydrogens (tertiary/aromatic N) is 2. The van der Waals surface area contributed by atoms with Gasteiger partial charge in [-0.05, 0) is 32.1 Å². The second-order valence-corrected chi connectivity index (χ2v) is 5.44. The second kappa shape index (κ2) is 6.13. The molecule has 3 unspecified atom stereocenters. The smallest absolute Gasteiger partial charge is 0.337 e. The van der Waals surface area contributed by atoms with Gasteiger partial charge in [-0.25, -0.2) is 4.98 Å². The molecule has 1 aromatic heterocycles. The molecule has 4 nitrogen and oxygen atoms in total. The standard InChI is InChI=1S/C13H21F3N4/c1-2-20-7-11(18-8-20)12(19-17)9-4-3-5-10(6-9)13(14,15)16/h7-10,12,19H,2-6,17H2,1H3. The third kappa shape index (κ3) is 3.32. The summed E-state index contributed by atoms with van der Waals surface area (Å²) in [6, 6.07) is -0.312. The van der Waals surface area contributed by atoms with Crippen LogP contribution in [-0.2, 0) is 6.54 Å². The first-order valence-electron chi connectivity index (χ1n) is 7.00. The lowest BCUT2D eigenvalue weighted by atomic mass is 9.77. The van der Waals surface area contributed by atoms with Crippen molar-refractivity contribution in [1.29, 1.82) is 0 Å². The average molecular weight is 290 g/mol. The first-order chi connectivity index (χ1) is 9.45. The summed E-state index contributed by atoms with van der Waals surface area (Å²) in [5.41, 5.74) is 3.38. The maximum Gasteiger partial charge on any atom is 0.391 e. The van der Waals surface area contributed by atoms with Crippen LogP contribution in [0.3, 0.4) is 0 Å². The van der Waals surface area contributed by atoms with Crippen LogP contribution in [-0.4, -0.2) is 15.7 Å². The molecule has 1 aliphatic carbocycles.